The van der Waals surface area contributed by atoms with Crippen molar-refractivity contribution in [1.82, 2.24) is 0 Å². The fourth-order valence-corrected chi connectivity index (χ4v) is 1.39. The lowest BCUT2D eigenvalue weighted by atomic mass is 10.2. The van der Waals surface area contributed by atoms with Crippen LogP contribution in [0.25, 0.3) is 0 Å². The highest BCUT2D eigenvalue weighted by molar-refractivity contribution is 5.42. The monoisotopic (exact) mass is 256 g/mol. The smallest absolute Gasteiger partial charge is 0.161 e. The van der Waals surface area contributed by atoms with Crippen LogP contribution in [-0.4, -0.2) is 45.8 Å². The molecule has 0 heterocycles. The van der Waals surface area contributed by atoms with Gasteiger partial charge in [0.15, 0.2) is 11.5 Å². The number of hydrogen-bond acceptors (Lipinski definition) is 5. The summed E-state index contributed by atoms with van der Waals surface area (Å²) in [6, 6.07) is 5.32. The normalized spacial score (nSPS) is 10.4. The number of hydrogen-bond donors (Lipinski definition) is 1. The number of benzene rings is 1. The molecule has 0 unspecified atom stereocenters. The standard InChI is InChI=1S/C13H20O5/c1-15-5-6-17-7-8-18-13-9-11(10-14)3-4-12(13)16-2/h3-4,9,14H,5-8,10H2,1-2H3. The van der Waals surface area contributed by atoms with Crippen LogP contribution in [0, 0.1) is 0 Å². The third-order valence-corrected chi connectivity index (χ3v) is 2.33. The van der Waals surface area contributed by atoms with E-state index in [4.69, 9.17) is 24.1 Å². The molecular formula is C13H20O5. The van der Waals surface area contributed by atoms with Crippen molar-refractivity contribution in [3.05, 3.63) is 23.8 Å². The van der Waals surface area contributed by atoms with E-state index in [0.29, 0.717) is 37.9 Å². The highest BCUT2D eigenvalue weighted by Crippen LogP contribution is 2.27. The fourth-order valence-electron chi connectivity index (χ4n) is 1.39. The Morgan fingerprint density at radius 2 is 1.78 bits per heavy atom. The Morgan fingerprint density at radius 3 is 2.44 bits per heavy atom. The van der Waals surface area contributed by atoms with E-state index in [1.165, 1.54) is 0 Å². The highest BCUT2D eigenvalue weighted by atomic mass is 16.5. The van der Waals surface area contributed by atoms with Gasteiger partial charge in [0.2, 0.25) is 0 Å². The minimum absolute atomic E-state index is 0.0231. The van der Waals surface area contributed by atoms with E-state index in [9.17, 15) is 0 Å². The maximum Gasteiger partial charge on any atom is 0.161 e. The molecule has 5 heteroatoms. The van der Waals surface area contributed by atoms with Gasteiger partial charge in [0.25, 0.3) is 0 Å². The minimum Gasteiger partial charge on any atom is -0.493 e. The first-order valence-electron chi connectivity index (χ1n) is 5.79. The van der Waals surface area contributed by atoms with Gasteiger partial charge in [-0.05, 0) is 17.7 Å². The summed E-state index contributed by atoms with van der Waals surface area (Å²) < 4.78 is 20.9. The summed E-state index contributed by atoms with van der Waals surface area (Å²) in [5.74, 6) is 1.25. The molecule has 0 aliphatic rings. The lowest BCUT2D eigenvalue weighted by Gasteiger charge is -2.12. The van der Waals surface area contributed by atoms with Crippen molar-refractivity contribution in [3.8, 4) is 11.5 Å². The lowest BCUT2D eigenvalue weighted by molar-refractivity contribution is 0.0539. The van der Waals surface area contributed by atoms with E-state index >= 15 is 0 Å². The van der Waals surface area contributed by atoms with Crippen LogP contribution < -0.4 is 9.47 Å². The first kappa shape index (κ1) is 14.8. The average molecular weight is 256 g/mol. The van der Waals surface area contributed by atoms with Crippen LogP contribution in [0.4, 0.5) is 0 Å². The Morgan fingerprint density at radius 1 is 1.00 bits per heavy atom. The Balaban J connectivity index is 2.39. The van der Waals surface area contributed by atoms with E-state index in [-0.39, 0.29) is 6.61 Å². The Bertz CT molecular complexity index is 340. The van der Waals surface area contributed by atoms with Gasteiger partial charge < -0.3 is 24.1 Å². The van der Waals surface area contributed by atoms with Gasteiger partial charge in [0, 0.05) is 7.11 Å². The third kappa shape index (κ3) is 4.91. The van der Waals surface area contributed by atoms with E-state index in [2.05, 4.69) is 0 Å². The van der Waals surface area contributed by atoms with Crippen LogP contribution in [0.3, 0.4) is 0 Å². The fraction of sp³-hybridized carbons (Fsp3) is 0.538. The van der Waals surface area contributed by atoms with Gasteiger partial charge in [-0.1, -0.05) is 6.07 Å². The molecule has 0 amide bonds. The Labute approximate surface area is 107 Å². The van der Waals surface area contributed by atoms with Gasteiger partial charge in [0.05, 0.1) is 33.5 Å². The van der Waals surface area contributed by atoms with E-state index in [0.717, 1.165) is 5.56 Å². The molecule has 1 aromatic carbocycles. The van der Waals surface area contributed by atoms with Crippen molar-refractivity contribution in [2.75, 3.05) is 40.6 Å². The van der Waals surface area contributed by atoms with Gasteiger partial charge in [-0.25, -0.2) is 0 Å². The molecule has 0 spiro atoms. The van der Waals surface area contributed by atoms with E-state index in [1.54, 1.807) is 32.4 Å². The molecule has 0 aromatic heterocycles. The molecule has 5 nitrogen and oxygen atoms in total. The maximum absolute atomic E-state index is 9.06. The molecule has 102 valence electrons. The Kier molecular flexibility index (Phi) is 7.17. The first-order valence-corrected chi connectivity index (χ1v) is 5.79. The molecular weight excluding hydrogens is 236 g/mol. The van der Waals surface area contributed by atoms with E-state index in [1.807, 2.05) is 0 Å². The molecule has 0 aliphatic heterocycles. The topological polar surface area (TPSA) is 57.2 Å². The quantitative estimate of drug-likeness (QED) is 0.673. The minimum atomic E-state index is -0.0231. The van der Waals surface area contributed by atoms with E-state index < -0.39 is 0 Å². The molecule has 0 saturated heterocycles. The van der Waals surface area contributed by atoms with Crippen molar-refractivity contribution in [2.24, 2.45) is 0 Å². The lowest BCUT2D eigenvalue weighted by Crippen LogP contribution is -2.10. The summed E-state index contributed by atoms with van der Waals surface area (Å²) in [6.45, 7) is 2.01. The molecule has 0 radical (unpaired) electrons. The zero-order valence-corrected chi connectivity index (χ0v) is 10.8. The molecule has 0 saturated carbocycles. The molecule has 1 rings (SSSR count). The molecule has 0 aliphatic carbocycles. The summed E-state index contributed by atoms with van der Waals surface area (Å²) in [4.78, 5) is 0. The van der Waals surface area contributed by atoms with Crippen LogP contribution >= 0.6 is 0 Å². The van der Waals surface area contributed by atoms with Crippen LogP contribution in [0.1, 0.15) is 5.56 Å². The molecule has 0 bridgehead atoms. The number of methoxy groups -OCH3 is 2. The second-order valence-corrected chi connectivity index (χ2v) is 3.60. The number of ether oxygens (including phenoxy) is 4. The summed E-state index contributed by atoms with van der Waals surface area (Å²) in [5.41, 5.74) is 0.783. The molecule has 1 N–H and O–H groups in total. The molecule has 1 aromatic rings. The van der Waals surface area contributed by atoms with Crippen molar-refractivity contribution >= 4 is 0 Å². The largest absolute Gasteiger partial charge is 0.493 e. The van der Waals surface area contributed by atoms with Gasteiger partial charge in [-0.2, -0.15) is 0 Å². The second-order valence-electron chi connectivity index (χ2n) is 3.60. The molecule has 0 atom stereocenters. The number of rotatable bonds is 9. The summed E-state index contributed by atoms with van der Waals surface area (Å²) in [5, 5.41) is 9.06. The van der Waals surface area contributed by atoms with Crippen LogP contribution in [-0.2, 0) is 16.1 Å². The van der Waals surface area contributed by atoms with Gasteiger partial charge >= 0.3 is 0 Å². The van der Waals surface area contributed by atoms with Gasteiger partial charge in [0.1, 0.15) is 6.61 Å². The van der Waals surface area contributed by atoms with Crippen LogP contribution in [0.15, 0.2) is 18.2 Å². The third-order valence-electron chi connectivity index (χ3n) is 2.33. The summed E-state index contributed by atoms with van der Waals surface area (Å²) >= 11 is 0. The van der Waals surface area contributed by atoms with Gasteiger partial charge in [-0.15, -0.1) is 0 Å². The van der Waals surface area contributed by atoms with Crippen molar-refractivity contribution in [3.63, 3.8) is 0 Å². The second kappa shape index (κ2) is 8.74. The number of aliphatic hydroxyl groups excluding tert-OH is 1. The zero-order valence-electron chi connectivity index (χ0n) is 10.8. The predicted molar refractivity (Wildman–Crippen MR) is 67.1 cm³/mol. The molecule has 0 fully saturated rings. The van der Waals surface area contributed by atoms with Crippen LogP contribution in [0.5, 0.6) is 11.5 Å². The highest BCUT2D eigenvalue weighted by Gasteiger charge is 2.05. The zero-order chi connectivity index (χ0) is 13.2. The maximum atomic E-state index is 9.06. The molecule has 18 heavy (non-hydrogen) atoms. The SMILES string of the molecule is COCCOCCOc1cc(CO)ccc1OC. The number of aliphatic hydroxyl groups is 1. The predicted octanol–water partition coefficient (Wildman–Crippen LogP) is 1.23. The Hall–Kier alpha value is -1.30. The van der Waals surface area contributed by atoms with Crippen molar-refractivity contribution in [2.45, 2.75) is 6.61 Å². The first-order chi connectivity index (χ1) is 8.81. The van der Waals surface area contributed by atoms with Crippen LogP contribution in [0.2, 0.25) is 0 Å². The summed E-state index contributed by atoms with van der Waals surface area (Å²) in [6.07, 6.45) is 0. The van der Waals surface area contributed by atoms with Gasteiger partial charge in [-0.3, -0.25) is 0 Å². The van der Waals surface area contributed by atoms with Crippen molar-refractivity contribution < 1.29 is 24.1 Å². The average Bonchev–Trinajstić information content (AvgIpc) is 2.42. The van der Waals surface area contributed by atoms with Crippen molar-refractivity contribution in [1.29, 1.82) is 0 Å². The summed E-state index contributed by atoms with van der Waals surface area (Å²) in [7, 11) is 3.21.